The van der Waals surface area contributed by atoms with Crippen LogP contribution in [0.3, 0.4) is 0 Å². The number of aryl methyl sites for hydroxylation is 4. The first kappa shape index (κ1) is 15.1. The lowest BCUT2D eigenvalue weighted by atomic mass is 10.1. The van der Waals surface area contributed by atoms with E-state index in [0.29, 0.717) is 6.61 Å². The molecule has 1 aromatic heterocycles. The van der Waals surface area contributed by atoms with Crippen LogP contribution in [0.5, 0.6) is 5.75 Å². The van der Waals surface area contributed by atoms with Crippen LogP contribution >= 0.6 is 15.9 Å². The summed E-state index contributed by atoms with van der Waals surface area (Å²) in [5, 5.41) is 5.32. The number of nitrogens with zero attached hydrogens (tertiary/aromatic N) is 2. The van der Waals surface area contributed by atoms with Gasteiger partial charge in [-0.05, 0) is 50.5 Å². The maximum absolute atomic E-state index is 6.03. The van der Waals surface area contributed by atoms with Gasteiger partial charge in [0, 0.05) is 11.9 Å². The van der Waals surface area contributed by atoms with Crippen molar-refractivity contribution in [2.75, 3.05) is 0 Å². The van der Waals surface area contributed by atoms with Gasteiger partial charge in [0.25, 0.3) is 0 Å². The van der Waals surface area contributed by atoms with Gasteiger partial charge < -0.3 is 4.74 Å². The normalized spacial score (nSPS) is 10.8. The number of hydrogen-bond donors (Lipinski definition) is 0. The molecule has 0 unspecified atom stereocenters. The molecule has 0 aliphatic heterocycles. The van der Waals surface area contributed by atoms with Gasteiger partial charge in [-0.2, -0.15) is 5.10 Å². The summed E-state index contributed by atoms with van der Waals surface area (Å²) in [4.78, 5) is 0. The van der Waals surface area contributed by atoms with Crippen LogP contribution in [0.1, 0.15) is 35.0 Å². The second kappa shape index (κ2) is 6.44. The van der Waals surface area contributed by atoms with Crippen molar-refractivity contribution in [3.05, 3.63) is 46.3 Å². The first-order valence-corrected chi connectivity index (χ1v) is 7.99. The molecule has 0 bridgehead atoms. The van der Waals surface area contributed by atoms with Crippen LogP contribution in [-0.4, -0.2) is 9.78 Å². The van der Waals surface area contributed by atoms with E-state index in [4.69, 9.17) is 4.74 Å². The minimum Gasteiger partial charge on any atom is -0.487 e. The van der Waals surface area contributed by atoms with E-state index in [1.165, 1.54) is 16.7 Å². The van der Waals surface area contributed by atoms with Gasteiger partial charge in [0.1, 0.15) is 12.4 Å². The molecule has 20 heavy (non-hydrogen) atoms. The fourth-order valence-electron chi connectivity index (χ4n) is 2.48. The van der Waals surface area contributed by atoms with Crippen molar-refractivity contribution in [1.82, 2.24) is 9.78 Å². The molecule has 0 N–H and O–H groups in total. The summed E-state index contributed by atoms with van der Waals surface area (Å²) in [7, 11) is 0. The first-order valence-electron chi connectivity index (χ1n) is 6.87. The summed E-state index contributed by atoms with van der Waals surface area (Å²) in [5.41, 5.74) is 5.79. The van der Waals surface area contributed by atoms with E-state index in [-0.39, 0.29) is 0 Å². The fraction of sp³-hybridized carbons (Fsp3) is 0.438. The molecule has 0 atom stereocenters. The number of hydrogen-bond acceptors (Lipinski definition) is 2. The number of halogens is 1. The van der Waals surface area contributed by atoms with E-state index in [2.05, 4.69) is 60.0 Å². The Bertz CT molecular complexity index is 582. The molecule has 1 heterocycles. The highest BCUT2D eigenvalue weighted by Crippen LogP contribution is 2.26. The predicted octanol–water partition coefficient (Wildman–Crippen LogP) is 4.30. The predicted molar refractivity (Wildman–Crippen MR) is 85.5 cm³/mol. The maximum atomic E-state index is 6.03. The highest BCUT2D eigenvalue weighted by atomic mass is 79.9. The molecule has 0 spiro atoms. The van der Waals surface area contributed by atoms with Gasteiger partial charge in [-0.25, -0.2) is 0 Å². The molecule has 0 fully saturated rings. The van der Waals surface area contributed by atoms with Gasteiger partial charge in [0.05, 0.1) is 11.4 Å². The SMILES string of the molecule is CCn1nc(C)cc1COc1c(C)cc(CBr)cc1C. The van der Waals surface area contributed by atoms with Crippen molar-refractivity contribution in [1.29, 1.82) is 0 Å². The summed E-state index contributed by atoms with van der Waals surface area (Å²) in [6, 6.07) is 6.42. The van der Waals surface area contributed by atoms with Crippen LogP contribution < -0.4 is 4.74 Å². The second-order valence-electron chi connectivity index (χ2n) is 5.07. The van der Waals surface area contributed by atoms with E-state index >= 15 is 0 Å². The van der Waals surface area contributed by atoms with Crippen molar-refractivity contribution < 1.29 is 4.74 Å². The summed E-state index contributed by atoms with van der Waals surface area (Å²) < 4.78 is 8.03. The van der Waals surface area contributed by atoms with Crippen LogP contribution in [0, 0.1) is 20.8 Å². The first-order chi connectivity index (χ1) is 9.55. The minimum absolute atomic E-state index is 0.560. The molecule has 3 nitrogen and oxygen atoms in total. The Morgan fingerprint density at radius 1 is 1.15 bits per heavy atom. The fourth-order valence-corrected chi connectivity index (χ4v) is 2.80. The Labute approximate surface area is 129 Å². The Balaban J connectivity index is 2.18. The quantitative estimate of drug-likeness (QED) is 0.761. The lowest BCUT2D eigenvalue weighted by Gasteiger charge is -2.14. The molecular formula is C16H21BrN2O. The average molecular weight is 337 g/mol. The van der Waals surface area contributed by atoms with E-state index in [1.807, 2.05) is 11.6 Å². The molecule has 0 saturated carbocycles. The Morgan fingerprint density at radius 3 is 2.35 bits per heavy atom. The summed E-state index contributed by atoms with van der Waals surface area (Å²) in [6.45, 7) is 9.72. The molecule has 1 aromatic carbocycles. The minimum atomic E-state index is 0.560. The molecule has 0 amide bonds. The molecule has 0 radical (unpaired) electrons. The smallest absolute Gasteiger partial charge is 0.130 e. The number of aromatic nitrogens is 2. The van der Waals surface area contributed by atoms with Crippen molar-refractivity contribution in [3.8, 4) is 5.75 Å². The number of rotatable bonds is 5. The maximum Gasteiger partial charge on any atom is 0.130 e. The van der Waals surface area contributed by atoms with E-state index in [1.54, 1.807) is 0 Å². The molecule has 0 aliphatic carbocycles. The van der Waals surface area contributed by atoms with E-state index < -0.39 is 0 Å². The zero-order valence-electron chi connectivity index (χ0n) is 12.5. The summed E-state index contributed by atoms with van der Waals surface area (Å²) >= 11 is 3.50. The Kier molecular flexibility index (Phi) is 4.86. The van der Waals surface area contributed by atoms with Gasteiger partial charge in [-0.15, -0.1) is 0 Å². The zero-order chi connectivity index (χ0) is 14.7. The molecule has 2 aromatic rings. The highest BCUT2D eigenvalue weighted by Gasteiger charge is 2.09. The van der Waals surface area contributed by atoms with Gasteiger partial charge in [-0.3, -0.25) is 4.68 Å². The van der Waals surface area contributed by atoms with Crippen LogP contribution in [-0.2, 0) is 18.5 Å². The zero-order valence-corrected chi connectivity index (χ0v) is 14.1. The lowest BCUT2D eigenvalue weighted by molar-refractivity contribution is 0.288. The van der Waals surface area contributed by atoms with Crippen LogP contribution in [0.2, 0.25) is 0 Å². The van der Waals surface area contributed by atoms with Crippen LogP contribution in [0.4, 0.5) is 0 Å². The van der Waals surface area contributed by atoms with Gasteiger partial charge in [0.2, 0.25) is 0 Å². The molecule has 0 aliphatic rings. The standard InChI is InChI=1S/C16H21BrN2O/c1-5-19-15(8-13(4)18-19)10-20-16-11(2)6-14(9-17)7-12(16)3/h6-8H,5,9-10H2,1-4H3. The van der Waals surface area contributed by atoms with E-state index in [9.17, 15) is 0 Å². The van der Waals surface area contributed by atoms with E-state index in [0.717, 1.165) is 29.0 Å². The van der Waals surface area contributed by atoms with Crippen LogP contribution in [0.15, 0.2) is 18.2 Å². The highest BCUT2D eigenvalue weighted by molar-refractivity contribution is 9.08. The van der Waals surface area contributed by atoms with Gasteiger partial charge >= 0.3 is 0 Å². The third kappa shape index (κ3) is 3.23. The molecule has 4 heteroatoms. The number of ether oxygens (including phenoxy) is 1. The van der Waals surface area contributed by atoms with Crippen molar-refractivity contribution in [2.45, 2.75) is 46.2 Å². The molecule has 0 saturated heterocycles. The largest absolute Gasteiger partial charge is 0.487 e. The van der Waals surface area contributed by atoms with Crippen LogP contribution in [0.25, 0.3) is 0 Å². The molecular weight excluding hydrogens is 316 g/mol. The van der Waals surface area contributed by atoms with Crippen molar-refractivity contribution in [3.63, 3.8) is 0 Å². The van der Waals surface area contributed by atoms with Crippen molar-refractivity contribution >= 4 is 15.9 Å². The molecule has 108 valence electrons. The number of alkyl halides is 1. The van der Waals surface area contributed by atoms with Crippen molar-refractivity contribution in [2.24, 2.45) is 0 Å². The third-order valence-electron chi connectivity index (χ3n) is 3.32. The lowest BCUT2D eigenvalue weighted by Crippen LogP contribution is -2.07. The van der Waals surface area contributed by atoms with Gasteiger partial charge in [-0.1, -0.05) is 28.1 Å². The Morgan fingerprint density at radius 2 is 1.80 bits per heavy atom. The average Bonchev–Trinajstić information content (AvgIpc) is 2.77. The third-order valence-corrected chi connectivity index (χ3v) is 3.97. The number of benzene rings is 1. The Hall–Kier alpha value is -1.29. The topological polar surface area (TPSA) is 27.1 Å². The van der Waals surface area contributed by atoms with Gasteiger partial charge in [0.15, 0.2) is 0 Å². The molecule has 2 rings (SSSR count). The summed E-state index contributed by atoms with van der Waals surface area (Å²) in [5.74, 6) is 0.983. The summed E-state index contributed by atoms with van der Waals surface area (Å²) in [6.07, 6.45) is 0. The second-order valence-corrected chi connectivity index (χ2v) is 5.63. The monoisotopic (exact) mass is 336 g/mol.